The van der Waals surface area contributed by atoms with Crippen LogP contribution in [-0.2, 0) is 14.3 Å². The largest absolute Gasteiger partial charge is 0.472 e. The Bertz CT molecular complexity index is 552. The minimum atomic E-state index is -0.418. The number of fused-ring (bicyclic) bond motifs is 1. The van der Waals surface area contributed by atoms with E-state index in [4.69, 9.17) is 9.15 Å². The first-order valence-electron chi connectivity index (χ1n) is 6.01. The molecule has 0 bridgehead atoms. The van der Waals surface area contributed by atoms with Gasteiger partial charge in [-0.1, -0.05) is 6.92 Å². The van der Waals surface area contributed by atoms with Crippen molar-refractivity contribution < 1.29 is 18.7 Å². The predicted octanol–water partition coefficient (Wildman–Crippen LogP) is 2.56. The van der Waals surface area contributed by atoms with Crippen molar-refractivity contribution in [1.82, 2.24) is 0 Å². The van der Waals surface area contributed by atoms with Gasteiger partial charge in [-0.05, 0) is 19.4 Å². The minimum Gasteiger partial charge on any atom is -0.472 e. The molecule has 3 rings (SSSR count). The van der Waals surface area contributed by atoms with E-state index in [9.17, 15) is 9.59 Å². The zero-order valence-corrected chi connectivity index (χ0v) is 10.4. The number of carbonyl (C=O) groups excluding carboxylic acids is 2. The van der Waals surface area contributed by atoms with Gasteiger partial charge in [-0.15, -0.1) is 0 Å². The highest BCUT2D eigenvalue weighted by Crippen LogP contribution is 2.55. The number of carbonyl (C=O) groups is 2. The Kier molecular flexibility index (Phi) is 2.24. The van der Waals surface area contributed by atoms with Crippen LogP contribution >= 0.6 is 0 Å². The number of allylic oxidation sites excluding steroid dienone is 1. The van der Waals surface area contributed by atoms with Gasteiger partial charge in [0.15, 0.2) is 5.78 Å². The topological polar surface area (TPSA) is 56.5 Å². The molecule has 1 aromatic rings. The summed E-state index contributed by atoms with van der Waals surface area (Å²) in [6, 6.07) is 1.80. The van der Waals surface area contributed by atoms with Crippen LogP contribution in [-0.4, -0.2) is 11.8 Å². The maximum absolute atomic E-state index is 12.0. The van der Waals surface area contributed by atoms with Crippen molar-refractivity contribution in [2.75, 3.05) is 0 Å². The molecule has 0 radical (unpaired) electrons. The molecule has 0 saturated carbocycles. The summed E-state index contributed by atoms with van der Waals surface area (Å²) >= 11 is 0. The molecule has 94 valence electrons. The van der Waals surface area contributed by atoms with Gasteiger partial charge in [0.25, 0.3) is 0 Å². The summed E-state index contributed by atoms with van der Waals surface area (Å²) in [6.07, 6.45) is 3.92. The molecule has 2 aliphatic rings. The zero-order valence-electron chi connectivity index (χ0n) is 10.4. The van der Waals surface area contributed by atoms with Gasteiger partial charge in [0.05, 0.1) is 18.1 Å². The summed E-state index contributed by atoms with van der Waals surface area (Å²) in [4.78, 5) is 23.7. The van der Waals surface area contributed by atoms with Gasteiger partial charge in [0.1, 0.15) is 6.10 Å². The SMILES string of the molecule is CC1=C2C(=O)O[C@@H](c3ccoc3)[C@]2(C)CCC1=O. The first kappa shape index (κ1) is 11.3. The van der Waals surface area contributed by atoms with Crippen LogP contribution in [0.3, 0.4) is 0 Å². The lowest BCUT2D eigenvalue weighted by Gasteiger charge is -2.32. The van der Waals surface area contributed by atoms with E-state index in [2.05, 4.69) is 0 Å². The Morgan fingerprint density at radius 1 is 1.39 bits per heavy atom. The molecule has 4 heteroatoms. The summed E-state index contributed by atoms with van der Waals surface area (Å²) < 4.78 is 10.5. The number of cyclic esters (lactones) is 1. The highest BCUT2D eigenvalue weighted by atomic mass is 16.6. The molecule has 2 heterocycles. The standard InChI is InChI=1S/C14H14O4/c1-8-10(15)3-5-14(2)11(8)13(16)18-12(14)9-4-6-17-7-9/h4,6-7,12H,3,5H2,1-2H3/t12-,14+/m0/s1. The molecule has 1 saturated heterocycles. The Hall–Kier alpha value is -1.84. The quantitative estimate of drug-likeness (QED) is 0.714. The molecule has 0 N–H and O–H groups in total. The van der Waals surface area contributed by atoms with Crippen molar-refractivity contribution in [2.45, 2.75) is 32.8 Å². The zero-order chi connectivity index (χ0) is 12.9. The molecule has 1 fully saturated rings. The van der Waals surface area contributed by atoms with Crippen LogP contribution in [0.25, 0.3) is 0 Å². The molecule has 1 aromatic heterocycles. The molecule has 0 unspecified atom stereocenters. The van der Waals surface area contributed by atoms with Gasteiger partial charge >= 0.3 is 5.97 Å². The fraction of sp³-hybridized carbons (Fsp3) is 0.429. The fourth-order valence-electron chi connectivity index (χ4n) is 3.06. The number of ketones is 1. The van der Waals surface area contributed by atoms with Crippen LogP contribution in [0.15, 0.2) is 34.2 Å². The summed E-state index contributed by atoms with van der Waals surface area (Å²) in [7, 11) is 0. The van der Waals surface area contributed by atoms with Crippen molar-refractivity contribution in [3.8, 4) is 0 Å². The molecule has 1 aliphatic heterocycles. The van der Waals surface area contributed by atoms with Gasteiger partial charge in [-0.25, -0.2) is 4.79 Å². The first-order valence-corrected chi connectivity index (χ1v) is 6.01. The van der Waals surface area contributed by atoms with Crippen molar-refractivity contribution >= 4 is 11.8 Å². The number of furan rings is 1. The second kappa shape index (κ2) is 3.57. The van der Waals surface area contributed by atoms with E-state index in [1.165, 1.54) is 0 Å². The maximum atomic E-state index is 12.0. The third-order valence-electron chi connectivity index (χ3n) is 4.09. The number of hydrogen-bond donors (Lipinski definition) is 0. The highest BCUT2D eigenvalue weighted by Gasteiger charge is 2.54. The smallest absolute Gasteiger partial charge is 0.335 e. The van der Waals surface area contributed by atoms with Gasteiger partial charge in [-0.2, -0.15) is 0 Å². The van der Waals surface area contributed by atoms with Crippen LogP contribution in [0.2, 0.25) is 0 Å². The van der Waals surface area contributed by atoms with Gasteiger partial charge < -0.3 is 9.15 Å². The third-order valence-corrected chi connectivity index (χ3v) is 4.09. The lowest BCUT2D eigenvalue weighted by atomic mass is 9.68. The van der Waals surface area contributed by atoms with Gasteiger partial charge in [0, 0.05) is 23.0 Å². The molecule has 0 aromatic carbocycles. The first-order chi connectivity index (χ1) is 8.54. The van der Waals surface area contributed by atoms with Crippen molar-refractivity contribution in [3.63, 3.8) is 0 Å². The Labute approximate surface area is 105 Å². The van der Waals surface area contributed by atoms with E-state index < -0.39 is 5.41 Å². The number of hydrogen-bond acceptors (Lipinski definition) is 4. The van der Waals surface area contributed by atoms with Crippen molar-refractivity contribution in [2.24, 2.45) is 5.41 Å². The van der Waals surface area contributed by atoms with Crippen LogP contribution < -0.4 is 0 Å². The maximum Gasteiger partial charge on any atom is 0.335 e. The monoisotopic (exact) mass is 246 g/mol. The fourth-order valence-corrected chi connectivity index (χ4v) is 3.06. The molecule has 4 nitrogen and oxygen atoms in total. The number of Topliss-reactive ketones (excluding diaryl/α,β-unsaturated/α-hetero) is 1. The normalized spacial score (nSPS) is 31.6. The van der Waals surface area contributed by atoms with Crippen molar-refractivity contribution in [3.05, 3.63) is 35.3 Å². The van der Waals surface area contributed by atoms with Crippen LogP contribution in [0.5, 0.6) is 0 Å². The molecule has 18 heavy (non-hydrogen) atoms. The number of ether oxygens (including phenoxy) is 1. The average molecular weight is 246 g/mol. The lowest BCUT2D eigenvalue weighted by molar-refractivity contribution is -0.140. The Morgan fingerprint density at radius 2 is 2.17 bits per heavy atom. The van der Waals surface area contributed by atoms with Crippen molar-refractivity contribution in [1.29, 1.82) is 0 Å². The van der Waals surface area contributed by atoms with E-state index in [1.54, 1.807) is 25.5 Å². The second-order valence-electron chi connectivity index (χ2n) is 5.18. The molecule has 1 aliphatic carbocycles. The Balaban J connectivity index is 2.14. The van der Waals surface area contributed by atoms with E-state index >= 15 is 0 Å². The van der Waals surface area contributed by atoms with E-state index in [-0.39, 0.29) is 17.9 Å². The average Bonchev–Trinajstić information content (AvgIpc) is 2.92. The molecule has 2 atom stereocenters. The molecular weight excluding hydrogens is 232 g/mol. The van der Waals surface area contributed by atoms with Crippen LogP contribution in [0, 0.1) is 5.41 Å². The predicted molar refractivity (Wildman–Crippen MR) is 62.6 cm³/mol. The molecular formula is C14H14O4. The van der Waals surface area contributed by atoms with Gasteiger partial charge in [-0.3, -0.25) is 4.79 Å². The summed E-state index contributed by atoms with van der Waals surface area (Å²) in [5, 5.41) is 0. The lowest BCUT2D eigenvalue weighted by Crippen LogP contribution is -2.29. The summed E-state index contributed by atoms with van der Waals surface area (Å²) in [5.74, 6) is -0.318. The minimum absolute atomic E-state index is 0.0484. The highest BCUT2D eigenvalue weighted by molar-refractivity contribution is 6.06. The molecule has 0 amide bonds. The second-order valence-corrected chi connectivity index (χ2v) is 5.18. The van der Waals surface area contributed by atoms with Gasteiger partial charge in [0.2, 0.25) is 0 Å². The van der Waals surface area contributed by atoms with Crippen LogP contribution in [0.4, 0.5) is 0 Å². The summed E-state index contributed by atoms with van der Waals surface area (Å²) in [5.41, 5.74) is 1.53. The summed E-state index contributed by atoms with van der Waals surface area (Å²) in [6.45, 7) is 3.70. The molecule has 0 spiro atoms. The van der Waals surface area contributed by atoms with Crippen LogP contribution in [0.1, 0.15) is 38.4 Å². The third kappa shape index (κ3) is 1.32. The Morgan fingerprint density at radius 3 is 2.83 bits per heavy atom. The number of esters is 1. The number of rotatable bonds is 1. The van der Waals surface area contributed by atoms with E-state index in [0.29, 0.717) is 24.0 Å². The van der Waals surface area contributed by atoms with E-state index in [1.807, 2.05) is 6.92 Å². The van der Waals surface area contributed by atoms with E-state index in [0.717, 1.165) is 5.56 Å².